The molecule has 1 aromatic carbocycles. The maximum Gasteiger partial charge on any atom is 0.274 e. The molecule has 0 radical (unpaired) electrons. The normalized spacial score (nSPS) is 28.8. The molecule has 2 N–H and O–H groups in total. The Hall–Kier alpha value is -3.34. The van der Waals surface area contributed by atoms with E-state index >= 15 is 4.39 Å². The summed E-state index contributed by atoms with van der Waals surface area (Å²) in [6.07, 6.45) is -1.51. The average molecular weight is 472 g/mol. The number of carbonyl (C=O) groups excluding carboxylic acids is 4. The fourth-order valence-electron chi connectivity index (χ4n) is 5.64. The second-order valence-electron chi connectivity index (χ2n) is 9.61. The second-order valence-corrected chi connectivity index (χ2v) is 9.61. The maximum atomic E-state index is 15.9. The largest absolute Gasteiger partial charge is 0.372 e. The van der Waals surface area contributed by atoms with Gasteiger partial charge in [0.15, 0.2) is 17.3 Å². The van der Waals surface area contributed by atoms with E-state index in [-0.39, 0.29) is 47.5 Å². The van der Waals surface area contributed by atoms with E-state index < -0.39 is 53.3 Å². The molecule has 0 bridgehead atoms. The Bertz CT molecular complexity index is 1230. The zero-order chi connectivity index (χ0) is 24.5. The number of piperidine rings is 1. The summed E-state index contributed by atoms with van der Waals surface area (Å²) in [5, 5.41) is 8.94. The number of carbonyl (C=O) groups is 4. The van der Waals surface area contributed by atoms with Crippen molar-refractivity contribution in [1.29, 1.82) is 0 Å². The van der Waals surface area contributed by atoms with Gasteiger partial charge < -0.3 is 19.5 Å². The first-order valence-corrected chi connectivity index (χ1v) is 11.3. The van der Waals surface area contributed by atoms with Crippen molar-refractivity contribution >= 4 is 40.2 Å². The second kappa shape index (κ2) is 7.59. The number of amides is 3. The predicted molar refractivity (Wildman–Crippen MR) is 117 cm³/mol. The average Bonchev–Trinajstić information content (AvgIpc) is 3.15. The van der Waals surface area contributed by atoms with E-state index in [4.69, 9.17) is 9.26 Å². The van der Waals surface area contributed by atoms with Crippen LogP contribution in [0.15, 0.2) is 10.6 Å². The van der Waals surface area contributed by atoms with Gasteiger partial charge in [0.1, 0.15) is 5.41 Å². The highest BCUT2D eigenvalue weighted by Crippen LogP contribution is 2.50. The van der Waals surface area contributed by atoms with Crippen molar-refractivity contribution in [2.75, 3.05) is 11.4 Å². The number of fused-ring (bicyclic) bond motifs is 5. The van der Waals surface area contributed by atoms with Gasteiger partial charge in [0.25, 0.3) is 5.91 Å². The zero-order valence-electron chi connectivity index (χ0n) is 19.2. The fourth-order valence-corrected chi connectivity index (χ4v) is 5.64. The molecular weight excluding hydrogens is 447 g/mol. The van der Waals surface area contributed by atoms with E-state index in [0.29, 0.717) is 5.56 Å². The van der Waals surface area contributed by atoms with Crippen LogP contribution in [0.25, 0.3) is 11.0 Å². The van der Waals surface area contributed by atoms with Crippen LogP contribution >= 0.6 is 0 Å². The molecule has 3 aliphatic heterocycles. The van der Waals surface area contributed by atoms with Crippen LogP contribution < -0.4 is 15.5 Å². The molecule has 1 spiro atoms. The molecule has 0 saturated carbocycles. The van der Waals surface area contributed by atoms with E-state index in [0.717, 1.165) is 0 Å². The standard InChI is InChI=1S/C23H25FN4O6/c1-9(2)25-21(31)17-13-5-12-7-23(14(29)6-15(30)26-22(23)32)20-11(4)33-10(3)8-28(20)18(12)16(24)19(13)34-27-17/h5,9-11,20H,6-8H2,1-4H3,(H,25,31)(H,26,30,32)/t10-,11-,20+,23?/m1/s1. The maximum absolute atomic E-state index is 15.9. The number of halogens is 1. The molecule has 5 rings (SSSR count). The first-order chi connectivity index (χ1) is 16.0. The number of ketones is 1. The topological polar surface area (TPSA) is 131 Å². The number of hydrogen-bond acceptors (Lipinski definition) is 8. The van der Waals surface area contributed by atoms with E-state index in [1.54, 1.807) is 31.7 Å². The highest BCUT2D eigenvalue weighted by molar-refractivity contribution is 6.22. The summed E-state index contributed by atoms with van der Waals surface area (Å²) in [5.41, 5.74) is -1.35. The Morgan fingerprint density at radius 1 is 1.32 bits per heavy atom. The number of nitrogens with zero attached hydrogens (tertiary/aromatic N) is 2. The zero-order valence-corrected chi connectivity index (χ0v) is 19.2. The summed E-state index contributed by atoms with van der Waals surface area (Å²) >= 11 is 0. The van der Waals surface area contributed by atoms with Gasteiger partial charge >= 0.3 is 0 Å². The minimum atomic E-state index is -1.64. The Morgan fingerprint density at radius 2 is 2.06 bits per heavy atom. The number of nitrogens with one attached hydrogen (secondary N) is 2. The Labute approximate surface area is 194 Å². The molecule has 3 amide bonds. The number of aromatic nitrogens is 1. The van der Waals surface area contributed by atoms with Gasteiger partial charge in [-0.3, -0.25) is 24.5 Å². The lowest BCUT2D eigenvalue weighted by atomic mass is 9.63. The van der Waals surface area contributed by atoms with Crippen molar-refractivity contribution < 1.29 is 32.8 Å². The summed E-state index contributed by atoms with van der Waals surface area (Å²) in [4.78, 5) is 52.8. The third kappa shape index (κ3) is 3.06. The Morgan fingerprint density at radius 3 is 2.74 bits per heavy atom. The van der Waals surface area contributed by atoms with Gasteiger partial charge in [0.05, 0.1) is 35.7 Å². The van der Waals surface area contributed by atoms with Gasteiger partial charge in [0.2, 0.25) is 17.4 Å². The van der Waals surface area contributed by atoms with Crippen molar-refractivity contribution in [3.63, 3.8) is 0 Å². The molecular formula is C23H25FN4O6. The molecule has 1 aromatic heterocycles. The van der Waals surface area contributed by atoms with Crippen molar-refractivity contribution in [2.24, 2.45) is 5.41 Å². The molecule has 10 nitrogen and oxygen atoms in total. The lowest BCUT2D eigenvalue weighted by Crippen LogP contribution is -2.72. The molecule has 2 saturated heterocycles. The van der Waals surface area contributed by atoms with Crippen molar-refractivity contribution in [2.45, 2.75) is 64.8 Å². The van der Waals surface area contributed by atoms with Crippen LogP contribution in [0.1, 0.15) is 50.2 Å². The quantitative estimate of drug-likeness (QED) is 0.493. The van der Waals surface area contributed by atoms with Crippen LogP contribution in [0.5, 0.6) is 0 Å². The third-order valence-electron chi connectivity index (χ3n) is 6.81. The number of anilines is 1. The van der Waals surface area contributed by atoms with Crippen LogP contribution in [0.3, 0.4) is 0 Å². The van der Waals surface area contributed by atoms with Crippen molar-refractivity contribution in [3.05, 3.63) is 23.1 Å². The van der Waals surface area contributed by atoms with Crippen LogP contribution in [0.4, 0.5) is 10.1 Å². The van der Waals surface area contributed by atoms with Gasteiger partial charge in [0, 0.05) is 12.6 Å². The molecule has 34 heavy (non-hydrogen) atoms. The lowest BCUT2D eigenvalue weighted by Gasteiger charge is -2.55. The van der Waals surface area contributed by atoms with Gasteiger partial charge in [-0.25, -0.2) is 4.39 Å². The summed E-state index contributed by atoms with van der Waals surface area (Å²) in [5.74, 6) is -3.16. The van der Waals surface area contributed by atoms with Crippen LogP contribution in [-0.2, 0) is 25.5 Å². The van der Waals surface area contributed by atoms with Crippen LogP contribution in [0, 0.1) is 11.2 Å². The van der Waals surface area contributed by atoms with Gasteiger partial charge in [-0.1, -0.05) is 5.16 Å². The third-order valence-corrected chi connectivity index (χ3v) is 6.81. The number of imide groups is 1. The number of benzene rings is 1. The lowest BCUT2D eigenvalue weighted by molar-refractivity contribution is -0.158. The smallest absolute Gasteiger partial charge is 0.274 e. The Balaban J connectivity index is 1.73. The highest BCUT2D eigenvalue weighted by Gasteiger charge is 2.62. The van der Waals surface area contributed by atoms with Gasteiger partial charge in [-0.2, -0.15) is 0 Å². The Kier molecular flexibility index (Phi) is 5.01. The monoisotopic (exact) mass is 472 g/mol. The fraction of sp³-hybridized carbons (Fsp3) is 0.522. The number of Topliss-reactive ketones (excluding diaryl/α,β-unsaturated/α-hetero) is 1. The summed E-state index contributed by atoms with van der Waals surface area (Å²) in [6.45, 7) is 7.33. The number of ether oxygens (including phenoxy) is 1. The molecule has 4 atom stereocenters. The minimum Gasteiger partial charge on any atom is -0.372 e. The van der Waals surface area contributed by atoms with Crippen molar-refractivity contribution in [3.8, 4) is 0 Å². The summed E-state index contributed by atoms with van der Waals surface area (Å²) in [6, 6.07) is 0.553. The molecule has 2 aromatic rings. The first kappa shape index (κ1) is 22.5. The molecule has 3 aliphatic rings. The van der Waals surface area contributed by atoms with E-state index in [1.165, 1.54) is 0 Å². The molecule has 4 heterocycles. The van der Waals surface area contributed by atoms with E-state index in [1.807, 2.05) is 6.92 Å². The minimum absolute atomic E-state index is 0.0834. The SMILES string of the molecule is CC(C)NC(=O)c1noc2c(F)c3c(cc12)CC1(C(=O)CC(=O)NC1=O)[C@@H]1[C@@H](C)O[C@H](C)CN31. The molecule has 2 fully saturated rings. The van der Waals surface area contributed by atoms with Gasteiger partial charge in [-0.15, -0.1) is 0 Å². The van der Waals surface area contributed by atoms with E-state index in [2.05, 4.69) is 15.8 Å². The predicted octanol–water partition coefficient (Wildman–Crippen LogP) is 1.25. The van der Waals surface area contributed by atoms with Crippen LogP contribution in [-0.4, -0.2) is 59.5 Å². The summed E-state index contributed by atoms with van der Waals surface area (Å²) < 4.78 is 27.1. The molecule has 1 unspecified atom stereocenters. The molecule has 180 valence electrons. The van der Waals surface area contributed by atoms with Gasteiger partial charge in [-0.05, 0) is 45.7 Å². The molecule has 11 heteroatoms. The van der Waals surface area contributed by atoms with E-state index in [9.17, 15) is 19.2 Å². The first-order valence-electron chi connectivity index (χ1n) is 11.3. The molecule has 0 aliphatic carbocycles. The highest BCUT2D eigenvalue weighted by atomic mass is 19.1. The number of morpholine rings is 1. The summed E-state index contributed by atoms with van der Waals surface area (Å²) in [7, 11) is 0. The number of rotatable bonds is 2. The van der Waals surface area contributed by atoms with Crippen molar-refractivity contribution in [1.82, 2.24) is 15.8 Å². The van der Waals surface area contributed by atoms with Crippen LogP contribution in [0.2, 0.25) is 0 Å². The number of hydrogen-bond donors (Lipinski definition) is 2.